The van der Waals surface area contributed by atoms with E-state index >= 15 is 0 Å². The number of imidazole rings is 1. The molecule has 0 spiro atoms. The minimum Gasteiger partial charge on any atom is -0.394 e. The molecule has 0 aliphatic carbocycles. The predicted molar refractivity (Wildman–Crippen MR) is 111 cm³/mol. The van der Waals surface area contributed by atoms with Gasteiger partial charge in [0.25, 0.3) is 5.91 Å². The lowest BCUT2D eigenvalue weighted by molar-refractivity contribution is 0.0840. The molecule has 1 aliphatic rings. The van der Waals surface area contributed by atoms with Crippen molar-refractivity contribution in [1.82, 2.24) is 19.8 Å². The molecule has 7 heteroatoms. The van der Waals surface area contributed by atoms with Gasteiger partial charge in [-0.3, -0.25) is 9.69 Å². The van der Waals surface area contributed by atoms with Crippen LogP contribution < -0.4 is 5.32 Å². The lowest BCUT2D eigenvalue weighted by Gasteiger charge is -2.30. The normalized spacial score (nSPS) is 15.9. The molecule has 6 nitrogen and oxygen atoms in total. The van der Waals surface area contributed by atoms with Gasteiger partial charge >= 0.3 is 0 Å². The molecule has 3 rings (SSSR count). The average molecular weight is 405 g/mol. The van der Waals surface area contributed by atoms with Gasteiger partial charge in [-0.05, 0) is 36.2 Å². The summed E-state index contributed by atoms with van der Waals surface area (Å²) in [6.07, 6.45) is 0. The summed E-state index contributed by atoms with van der Waals surface area (Å²) in [5.74, 6) is 0.541. The summed E-state index contributed by atoms with van der Waals surface area (Å²) >= 11 is 6.03. The molecule has 1 amide bonds. The Morgan fingerprint density at radius 3 is 2.54 bits per heavy atom. The number of hydrogen-bond donors (Lipinski definition) is 2. The first-order valence-electron chi connectivity index (χ1n) is 9.74. The maximum Gasteiger partial charge on any atom is 0.272 e. The van der Waals surface area contributed by atoms with E-state index in [4.69, 9.17) is 16.6 Å². The van der Waals surface area contributed by atoms with Gasteiger partial charge in [0, 0.05) is 30.2 Å². The van der Waals surface area contributed by atoms with Crippen LogP contribution in [0.1, 0.15) is 43.9 Å². The molecule has 1 aromatic heterocycles. The van der Waals surface area contributed by atoms with Gasteiger partial charge in [0.2, 0.25) is 0 Å². The Morgan fingerprint density at radius 2 is 1.96 bits per heavy atom. The van der Waals surface area contributed by atoms with E-state index in [0.29, 0.717) is 17.3 Å². The number of benzene rings is 1. The van der Waals surface area contributed by atoms with Crippen LogP contribution in [0.2, 0.25) is 5.02 Å². The van der Waals surface area contributed by atoms with Crippen LogP contribution >= 0.6 is 11.6 Å². The number of nitrogens with one attached hydrogen (secondary N) is 1. The lowest BCUT2D eigenvalue weighted by Crippen LogP contribution is -2.46. The predicted octanol–water partition coefficient (Wildman–Crippen LogP) is 3.18. The number of aliphatic hydroxyl groups is 1. The van der Waals surface area contributed by atoms with E-state index in [1.165, 1.54) is 0 Å². The summed E-state index contributed by atoms with van der Waals surface area (Å²) in [6.45, 7) is 11.3. The van der Waals surface area contributed by atoms with E-state index < -0.39 is 0 Å². The SMILES string of the molecule is CCN1CCn2c(-c3ccc(Cl)cc3)nc(C(=O)NC(CO)C(C)(C)C)c2C1. The van der Waals surface area contributed by atoms with Crippen molar-refractivity contribution in [3.05, 3.63) is 40.7 Å². The molecule has 0 bridgehead atoms. The minimum atomic E-state index is -0.345. The van der Waals surface area contributed by atoms with Crippen LogP contribution in [0.5, 0.6) is 0 Å². The first-order chi connectivity index (χ1) is 13.2. The van der Waals surface area contributed by atoms with Crippen LogP contribution in [0.25, 0.3) is 11.4 Å². The fourth-order valence-electron chi connectivity index (χ4n) is 3.45. The number of hydrogen-bond acceptors (Lipinski definition) is 4. The van der Waals surface area contributed by atoms with Crippen LogP contribution in [0.4, 0.5) is 0 Å². The maximum absolute atomic E-state index is 13.1. The smallest absolute Gasteiger partial charge is 0.272 e. The largest absolute Gasteiger partial charge is 0.394 e. The fraction of sp³-hybridized carbons (Fsp3) is 0.524. The van der Waals surface area contributed by atoms with Crippen molar-refractivity contribution in [1.29, 1.82) is 0 Å². The molecular weight excluding hydrogens is 376 g/mol. The number of likely N-dealkylation sites (N-methyl/N-ethyl adjacent to an activating group) is 1. The Balaban J connectivity index is 2.00. The quantitative estimate of drug-likeness (QED) is 0.802. The number of fused-ring (bicyclic) bond motifs is 1. The zero-order chi connectivity index (χ0) is 20.5. The third kappa shape index (κ3) is 4.24. The Bertz CT molecular complexity index is 839. The van der Waals surface area contributed by atoms with E-state index in [0.717, 1.165) is 36.7 Å². The highest BCUT2D eigenvalue weighted by molar-refractivity contribution is 6.30. The van der Waals surface area contributed by atoms with Crippen LogP contribution in [0, 0.1) is 5.41 Å². The summed E-state index contributed by atoms with van der Waals surface area (Å²) in [5.41, 5.74) is 2.04. The zero-order valence-corrected chi connectivity index (χ0v) is 17.8. The van der Waals surface area contributed by atoms with E-state index in [9.17, 15) is 9.90 Å². The van der Waals surface area contributed by atoms with E-state index in [-0.39, 0.29) is 24.0 Å². The van der Waals surface area contributed by atoms with Crippen molar-refractivity contribution < 1.29 is 9.90 Å². The van der Waals surface area contributed by atoms with Gasteiger partial charge in [0.1, 0.15) is 5.82 Å². The van der Waals surface area contributed by atoms with Gasteiger partial charge in [-0.2, -0.15) is 0 Å². The number of amides is 1. The molecule has 0 saturated heterocycles. The minimum absolute atomic E-state index is 0.115. The summed E-state index contributed by atoms with van der Waals surface area (Å²) in [6, 6.07) is 7.18. The Morgan fingerprint density at radius 1 is 1.29 bits per heavy atom. The van der Waals surface area contributed by atoms with Crippen molar-refractivity contribution in [3.63, 3.8) is 0 Å². The van der Waals surface area contributed by atoms with Crippen molar-refractivity contribution >= 4 is 17.5 Å². The zero-order valence-electron chi connectivity index (χ0n) is 17.0. The summed E-state index contributed by atoms with van der Waals surface area (Å²) in [7, 11) is 0. The van der Waals surface area contributed by atoms with E-state index in [1.807, 2.05) is 45.0 Å². The van der Waals surface area contributed by atoms with Crippen molar-refractivity contribution in [3.8, 4) is 11.4 Å². The van der Waals surface area contributed by atoms with Crippen molar-refractivity contribution in [2.75, 3.05) is 19.7 Å². The van der Waals surface area contributed by atoms with Gasteiger partial charge in [0.15, 0.2) is 5.69 Å². The topological polar surface area (TPSA) is 70.4 Å². The highest BCUT2D eigenvalue weighted by Crippen LogP contribution is 2.28. The molecule has 0 radical (unpaired) electrons. The van der Waals surface area contributed by atoms with Gasteiger partial charge in [0.05, 0.1) is 18.3 Å². The second-order valence-corrected chi connectivity index (χ2v) is 8.77. The molecular formula is C21H29ClN4O2. The molecule has 2 aromatic rings. The molecule has 2 N–H and O–H groups in total. The number of carbonyl (C=O) groups excluding carboxylic acids is 1. The van der Waals surface area contributed by atoms with Gasteiger partial charge < -0.3 is 15.0 Å². The third-order valence-corrected chi connectivity index (χ3v) is 5.64. The molecule has 28 heavy (non-hydrogen) atoms. The number of carbonyl (C=O) groups is 1. The summed E-state index contributed by atoms with van der Waals surface area (Å²) in [4.78, 5) is 20.1. The molecule has 1 aliphatic heterocycles. The first-order valence-corrected chi connectivity index (χ1v) is 10.1. The molecule has 1 atom stereocenters. The Labute approximate surface area is 171 Å². The van der Waals surface area contributed by atoms with Crippen LogP contribution in [0.3, 0.4) is 0 Å². The molecule has 1 aromatic carbocycles. The number of halogens is 1. The van der Waals surface area contributed by atoms with Gasteiger partial charge in [-0.15, -0.1) is 0 Å². The van der Waals surface area contributed by atoms with Gasteiger partial charge in [-0.1, -0.05) is 39.3 Å². The summed E-state index contributed by atoms with van der Waals surface area (Å²) in [5, 5.41) is 13.4. The molecule has 0 fully saturated rings. The van der Waals surface area contributed by atoms with Crippen molar-refractivity contribution in [2.45, 2.75) is 46.8 Å². The Kier molecular flexibility index (Phi) is 6.12. The average Bonchev–Trinajstić information content (AvgIpc) is 3.04. The van der Waals surface area contributed by atoms with E-state index in [1.54, 1.807) is 0 Å². The Hall–Kier alpha value is -1.89. The monoisotopic (exact) mass is 404 g/mol. The van der Waals surface area contributed by atoms with Crippen molar-refractivity contribution in [2.24, 2.45) is 5.41 Å². The number of aromatic nitrogens is 2. The highest BCUT2D eigenvalue weighted by Gasteiger charge is 2.31. The number of rotatable bonds is 5. The molecule has 152 valence electrons. The molecule has 1 unspecified atom stereocenters. The summed E-state index contributed by atoms with van der Waals surface area (Å²) < 4.78 is 2.13. The van der Waals surface area contributed by atoms with E-state index in [2.05, 4.69) is 21.7 Å². The van der Waals surface area contributed by atoms with Crippen LogP contribution in [-0.2, 0) is 13.1 Å². The number of aliphatic hydroxyl groups excluding tert-OH is 1. The van der Waals surface area contributed by atoms with Crippen LogP contribution in [0.15, 0.2) is 24.3 Å². The fourth-order valence-corrected chi connectivity index (χ4v) is 3.58. The molecule has 2 heterocycles. The number of nitrogens with zero attached hydrogens (tertiary/aromatic N) is 3. The van der Waals surface area contributed by atoms with Gasteiger partial charge in [-0.25, -0.2) is 4.98 Å². The lowest BCUT2D eigenvalue weighted by atomic mass is 9.87. The second kappa shape index (κ2) is 8.23. The second-order valence-electron chi connectivity index (χ2n) is 8.33. The highest BCUT2D eigenvalue weighted by atomic mass is 35.5. The standard InChI is InChI=1S/C21H29ClN4O2/c1-5-25-10-11-26-16(12-25)18(20(28)23-17(13-27)21(2,3)4)24-19(26)14-6-8-15(22)9-7-14/h6-9,17,27H,5,10-13H2,1-4H3,(H,23,28). The maximum atomic E-state index is 13.1. The molecule has 0 saturated carbocycles. The third-order valence-electron chi connectivity index (χ3n) is 5.38. The first kappa shape index (κ1) is 20.8. The van der Waals surface area contributed by atoms with Crippen LogP contribution in [-0.4, -0.2) is 51.2 Å².